The van der Waals surface area contributed by atoms with Crippen LogP contribution in [-0.2, 0) is 4.79 Å². The molecule has 2 rings (SSSR count). The molecule has 2 aromatic heterocycles. The summed E-state index contributed by atoms with van der Waals surface area (Å²) >= 11 is 2.14. The van der Waals surface area contributed by atoms with Crippen molar-refractivity contribution in [2.75, 3.05) is 11.1 Å². The Hall–Kier alpha value is -2.07. The smallest absolute Gasteiger partial charge is 0.313 e. The molecule has 0 saturated carbocycles. The van der Waals surface area contributed by atoms with E-state index in [1.165, 1.54) is 18.7 Å². The predicted molar refractivity (Wildman–Crippen MR) is 68.3 cm³/mol. The number of nitrogens with one attached hydrogen (secondary N) is 1. The summed E-state index contributed by atoms with van der Waals surface area (Å²) in [6, 6.07) is 0. The van der Waals surface area contributed by atoms with Crippen molar-refractivity contribution in [3.63, 3.8) is 0 Å². The number of thioether (sulfide) groups is 1. The summed E-state index contributed by atoms with van der Waals surface area (Å²) in [4.78, 5) is 29.6. The largest absolute Gasteiger partial charge is 0.481 e. The number of carboxylic acid groups (broad SMARTS) is 1. The van der Waals surface area contributed by atoms with Gasteiger partial charge in [0.05, 0.1) is 11.3 Å². The normalized spacial score (nSPS) is 10.1. The van der Waals surface area contributed by atoms with Crippen molar-refractivity contribution in [3.8, 4) is 0 Å². The third kappa shape index (κ3) is 3.96. The highest BCUT2D eigenvalue weighted by Crippen LogP contribution is 2.25. The molecule has 1 amide bonds. The van der Waals surface area contributed by atoms with Gasteiger partial charge in [0.2, 0.25) is 5.13 Å². The number of carbonyl (C=O) groups excluding carboxylic acids is 1. The van der Waals surface area contributed by atoms with Crippen molar-refractivity contribution in [2.45, 2.75) is 4.34 Å². The molecule has 19 heavy (non-hydrogen) atoms. The molecule has 0 atom stereocenters. The highest BCUT2D eigenvalue weighted by Gasteiger charge is 2.11. The number of carbonyl (C=O) groups is 2. The molecule has 0 saturated heterocycles. The SMILES string of the molecule is O=C(O)CSc1nnc(NC(=O)c2cncnc2)s1. The number of nitrogens with zero attached hydrogens (tertiary/aromatic N) is 4. The number of rotatable bonds is 5. The first kappa shape index (κ1) is 13.4. The molecule has 2 heterocycles. The minimum atomic E-state index is -0.938. The number of hydrogen-bond donors (Lipinski definition) is 2. The molecule has 2 aromatic rings. The van der Waals surface area contributed by atoms with Gasteiger partial charge in [-0.2, -0.15) is 0 Å². The molecule has 8 nitrogen and oxygen atoms in total. The Labute approximate surface area is 115 Å². The molecule has 0 bridgehead atoms. The number of carboxylic acids is 1. The molecule has 0 aromatic carbocycles. The number of hydrogen-bond acceptors (Lipinski definition) is 8. The zero-order valence-corrected chi connectivity index (χ0v) is 10.9. The van der Waals surface area contributed by atoms with Crippen LogP contribution in [0.3, 0.4) is 0 Å². The summed E-state index contributed by atoms with van der Waals surface area (Å²) < 4.78 is 0.474. The average Bonchev–Trinajstić information content (AvgIpc) is 2.85. The third-order valence-electron chi connectivity index (χ3n) is 1.77. The number of anilines is 1. The zero-order chi connectivity index (χ0) is 13.7. The highest BCUT2D eigenvalue weighted by molar-refractivity contribution is 8.01. The second kappa shape index (κ2) is 6.20. The fourth-order valence-electron chi connectivity index (χ4n) is 1.03. The fraction of sp³-hybridized carbons (Fsp3) is 0.111. The number of aliphatic carboxylic acids is 1. The molecule has 0 radical (unpaired) electrons. The molecule has 10 heteroatoms. The van der Waals surface area contributed by atoms with Gasteiger partial charge in [-0.25, -0.2) is 9.97 Å². The highest BCUT2D eigenvalue weighted by atomic mass is 32.2. The van der Waals surface area contributed by atoms with Crippen LogP contribution in [0.2, 0.25) is 0 Å². The summed E-state index contributed by atoms with van der Waals surface area (Å²) in [5.74, 6) is -1.44. The Bertz CT molecular complexity index is 589. The molecule has 0 aliphatic heterocycles. The molecule has 0 unspecified atom stereocenters. The van der Waals surface area contributed by atoms with Gasteiger partial charge < -0.3 is 5.11 Å². The van der Waals surface area contributed by atoms with Crippen LogP contribution < -0.4 is 5.32 Å². The van der Waals surface area contributed by atoms with Gasteiger partial charge in [0.15, 0.2) is 4.34 Å². The molecule has 0 fully saturated rings. The van der Waals surface area contributed by atoms with Crippen molar-refractivity contribution in [3.05, 3.63) is 24.3 Å². The lowest BCUT2D eigenvalue weighted by molar-refractivity contribution is -0.133. The van der Waals surface area contributed by atoms with E-state index < -0.39 is 11.9 Å². The lowest BCUT2D eigenvalue weighted by Gasteiger charge is -1.98. The second-order valence-corrected chi connectivity index (χ2v) is 5.34. The lowest BCUT2D eigenvalue weighted by atomic mass is 10.3. The quantitative estimate of drug-likeness (QED) is 0.613. The first-order valence-corrected chi connectivity index (χ1v) is 6.70. The Morgan fingerprint density at radius 3 is 2.74 bits per heavy atom. The minimum Gasteiger partial charge on any atom is -0.481 e. The summed E-state index contributed by atoms with van der Waals surface area (Å²) in [5.41, 5.74) is 0.303. The molecular formula is C9H7N5O3S2. The van der Waals surface area contributed by atoms with Gasteiger partial charge in [-0.15, -0.1) is 10.2 Å². The summed E-state index contributed by atoms with van der Waals surface area (Å²) in [7, 11) is 0. The first-order chi connectivity index (χ1) is 9.15. The molecular weight excluding hydrogens is 290 g/mol. The van der Waals surface area contributed by atoms with Crippen molar-refractivity contribution in [1.82, 2.24) is 20.2 Å². The number of amides is 1. The van der Waals surface area contributed by atoms with Crippen LogP contribution in [0.15, 0.2) is 23.1 Å². The van der Waals surface area contributed by atoms with Crippen molar-refractivity contribution in [1.29, 1.82) is 0 Å². The maximum Gasteiger partial charge on any atom is 0.313 e. The van der Waals surface area contributed by atoms with Crippen LogP contribution in [0.1, 0.15) is 10.4 Å². The Morgan fingerprint density at radius 1 is 1.32 bits per heavy atom. The van der Waals surface area contributed by atoms with E-state index in [9.17, 15) is 9.59 Å². The Kier molecular flexibility index (Phi) is 4.36. The van der Waals surface area contributed by atoms with E-state index in [1.54, 1.807) is 0 Å². The van der Waals surface area contributed by atoms with E-state index in [0.717, 1.165) is 23.1 Å². The fourth-order valence-corrected chi connectivity index (χ4v) is 2.49. The van der Waals surface area contributed by atoms with E-state index in [1.807, 2.05) is 0 Å². The molecule has 2 N–H and O–H groups in total. The standard InChI is InChI=1S/C9H7N5O3S2/c15-6(16)3-18-9-14-13-8(19-9)12-7(17)5-1-10-4-11-2-5/h1-2,4H,3H2,(H,15,16)(H,12,13,17). The zero-order valence-electron chi connectivity index (χ0n) is 9.31. The van der Waals surface area contributed by atoms with Gasteiger partial charge >= 0.3 is 5.97 Å². The third-order valence-corrected chi connectivity index (χ3v) is 3.73. The van der Waals surface area contributed by atoms with E-state index >= 15 is 0 Å². The molecule has 0 aliphatic carbocycles. The van der Waals surface area contributed by atoms with Gasteiger partial charge in [-0.1, -0.05) is 23.1 Å². The summed E-state index contributed by atoms with van der Waals surface area (Å²) in [6.07, 6.45) is 4.08. The summed E-state index contributed by atoms with van der Waals surface area (Å²) in [5, 5.41) is 18.9. The predicted octanol–water partition coefficient (Wildman–Crippen LogP) is 0.757. The van der Waals surface area contributed by atoms with Crippen LogP contribution in [0, 0.1) is 0 Å². The van der Waals surface area contributed by atoms with Gasteiger partial charge in [-0.05, 0) is 0 Å². The van der Waals surface area contributed by atoms with Gasteiger partial charge in [0, 0.05) is 12.4 Å². The van der Waals surface area contributed by atoms with Crippen LogP contribution >= 0.6 is 23.1 Å². The van der Waals surface area contributed by atoms with Crippen molar-refractivity contribution < 1.29 is 14.7 Å². The van der Waals surface area contributed by atoms with Crippen LogP contribution in [0.25, 0.3) is 0 Å². The van der Waals surface area contributed by atoms with Crippen LogP contribution in [0.5, 0.6) is 0 Å². The molecule has 0 spiro atoms. The maximum absolute atomic E-state index is 11.7. The Morgan fingerprint density at radius 2 is 2.05 bits per heavy atom. The van der Waals surface area contributed by atoms with Gasteiger partial charge in [0.25, 0.3) is 5.91 Å². The van der Waals surface area contributed by atoms with Crippen molar-refractivity contribution >= 4 is 40.1 Å². The van der Waals surface area contributed by atoms with Crippen LogP contribution in [-0.4, -0.2) is 42.9 Å². The maximum atomic E-state index is 11.7. The van der Waals surface area contributed by atoms with Gasteiger partial charge in [-0.3, -0.25) is 14.9 Å². The second-order valence-electron chi connectivity index (χ2n) is 3.14. The van der Waals surface area contributed by atoms with E-state index in [2.05, 4.69) is 25.5 Å². The lowest BCUT2D eigenvalue weighted by Crippen LogP contribution is -2.12. The van der Waals surface area contributed by atoms with Gasteiger partial charge in [0.1, 0.15) is 6.33 Å². The average molecular weight is 297 g/mol. The van der Waals surface area contributed by atoms with Crippen LogP contribution in [0.4, 0.5) is 5.13 Å². The number of aromatic nitrogens is 4. The van der Waals surface area contributed by atoms with E-state index in [-0.39, 0.29) is 5.75 Å². The summed E-state index contributed by atoms with van der Waals surface area (Å²) in [6.45, 7) is 0. The minimum absolute atomic E-state index is 0.102. The monoisotopic (exact) mass is 297 g/mol. The first-order valence-electron chi connectivity index (χ1n) is 4.89. The van der Waals surface area contributed by atoms with E-state index in [0.29, 0.717) is 15.0 Å². The van der Waals surface area contributed by atoms with Crippen molar-refractivity contribution in [2.24, 2.45) is 0 Å². The Balaban J connectivity index is 1.96. The molecule has 0 aliphatic rings. The van der Waals surface area contributed by atoms with E-state index in [4.69, 9.17) is 5.11 Å². The topological polar surface area (TPSA) is 118 Å². The molecule has 98 valence electrons.